The van der Waals surface area contributed by atoms with Crippen LogP contribution in [-0.4, -0.2) is 17.0 Å². The molecule has 24 heavy (non-hydrogen) atoms. The smallest absolute Gasteiger partial charge is 0.331 e. The highest BCUT2D eigenvalue weighted by Gasteiger charge is 2.04. The van der Waals surface area contributed by atoms with Crippen LogP contribution in [0.4, 0.5) is 0 Å². The lowest BCUT2D eigenvalue weighted by atomic mass is 10.1. The fourth-order valence-corrected chi connectivity index (χ4v) is 1.63. The van der Waals surface area contributed by atoms with Crippen LogP contribution in [0.5, 0.6) is 0 Å². The van der Waals surface area contributed by atoms with Gasteiger partial charge in [0.2, 0.25) is 0 Å². The molecule has 0 aromatic carbocycles. The molecular weight excluding hydrogens is 304 g/mol. The maximum absolute atomic E-state index is 10.7. The molecule has 1 N–H and O–H groups in total. The van der Waals surface area contributed by atoms with Crippen LogP contribution in [0, 0.1) is 0 Å². The zero-order chi connectivity index (χ0) is 18.4. The van der Waals surface area contributed by atoms with Crippen LogP contribution < -0.4 is 0 Å². The Balaban J connectivity index is 0.000000381. The van der Waals surface area contributed by atoms with Crippen molar-refractivity contribution >= 4 is 11.9 Å². The van der Waals surface area contributed by atoms with E-state index in [4.69, 9.17) is 9.84 Å². The summed E-state index contributed by atoms with van der Waals surface area (Å²) in [6.07, 6.45) is 17.0. The zero-order valence-electron chi connectivity index (χ0n) is 14.6. The number of carboxylic acid groups (broad SMARTS) is 1. The van der Waals surface area contributed by atoms with Crippen molar-refractivity contribution in [2.24, 2.45) is 0 Å². The van der Waals surface area contributed by atoms with E-state index in [1.807, 2.05) is 43.4 Å². The second kappa shape index (κ2) is 12.9. The van der Waals surface area contributed by atoms with Crippen molar-refractivity contribution < 1.29 is 19.4 Å². The molecular formula is C20H26O4. The first-order chi connectivity index (χ1) is 11.4. The van der Waals surface area contributed by atoms with Crippen molar-refractivity contribution in [1.82, 2.24) is 0 Å². The number of ether oxygens (including phenoxy) is 1. The molecule has 0 spiro atoms. The Bertz CT molecular complexity index is 587. The predicted octanol–water partition coefficient (Wildman–Crippen LogP) is 4.88. The van der Waals surface area contributed by atoms with Crippen molar-refractivity contribution in [3.8, 4) is 0 Å². The topological polar surface area (TPSA) is 63.6 Å². The summed E-state index contributed by atoms with van der Waals surface area (Å²) in [5, 5.41) is 8.53. The zero-order valence-corrected chi connectivity index (χ0v) is 14.6. The van der Waals surface area contributed by atoms with Crippen molar-refractivity contribution in [2.45, 2.75) is 40.0 Å². The van der Waals surface area contributed by atoms with Crippen molar-refractivity contribution in [2.75, 3.05) is 0 Å². The summed E-state index contributed by atoms with van der Waals surface area (Å²) in [7, 11) is 0. The number of carbonyl (C=O) groups excluding carboxylic acids is 1. The molecule has 0 saturated carbocycles. The maximum Gasteiger partial charge on any atom is 0.331 e. The Morgan fingerprint density at radius 2 is 1.83 bits per heavy atom. The van der Waals surface area contributed by atoms with E-state index in [0.717, 1.165) is 24.2 Å². The molecule has 0 aromatic heterocycles. The third kappa shape index (κ3) is 10.2. The van der Waals surface area contributed by atoms with Crippen LogP contribution in [-0.2, 0) is 14.3 Å². The monoisotopic (exact) mass is 330 g/mol. The summed E-state index contributed by atoms with van der Waals surface area (Å²) < 4.78 is 4.92. The summed E-state index contributed by atoms with van der Waals surface area (Å²) in [4.78, 5) is 21.0. The quantitative estimate of drug-likeness (QED) is 0.453. The number of carboxylic acids is 1. The second-order valence-corrected chi connectivity index (χ2v) is 5.01. The standard InChI is InChI=1S/C9H10O2.C8H10O2.C3H6/c1-7(9(10)11)6-8-4-2-3-5-8;1-2-8(9)10-7-5-3-4-6-7;1-3-2/h2-4,6H,5H2,1H3,(H,10,11);3-5H,2,6H2,1H3;3H,1H2,2H3/b7-6+;;. The van der Waals surface area contributed by atoms with Gasteiger partial charge >= 0.3 is 11.9 Å². The Morgan fingerprint density at radius 3 is 2.25 bits per heavy atom. The first-order valence-electron chi connectivity index (χ1n) is 7.85. The highest BCUT2D eigenvalue weighted by molar-refractivity contribution is 5.86. The lowest BCUT2D eigenvalue weighted by Gasteiger charge is -2.00. The number of rotatable bonds is 4. The van der Waals surface area contributed by atoms with Gasteiger partial charge in [0.15, 0.2) is 0 Å². The van der Waals surface area contributed by atoms with Gasteiger partial charge in [-0.2, -0.15) is 0 Å². The minimum Gasteiger partial charge on any atom is -0.478 e. The van der Waals surface area contributed by atoms with E-state index in [9.17, 15) is 9.59 Å². The normalized spacial score (nSPS) is 14.5. The molecule has 0 unspecified atom stereocenters. The average molecular weight is 330 g/mol. The number of aliphatic carboxylic acids is 1. The van der Waals surface area contributed by atoms with E-state index < -0.39 is 5.97 Å². The summed E-state index contributed by atoms with van der Waals surface area (Å²) in [5.74, 6) is -0.250. The number of hydrogen-bond donors (Lipinski definition) is 1. The van der Waals surface area contributed by atoms with Crippen LogP contribution in [0.3, 0.4) is 0 Å². The van der Waals surface area contributed by atoms with Gasteiger partial charge in [0, 0.05) is 18.4 Å². The molecule has 0 fully saturated rings. The Morgan fingerprint density at radius 1 is 1.25 bits per heavy atom. The third-order valence-electron chi connectivity index (χ3n) is 2.81. The SMILES string of the molecule is C/C(=C\C1=CC=CC1)C(=O)O.C=CC.CCC(=O)OC1=CC=CC1. The van der Waals surface area contributed by atoms with E-state index in [0.29, 0.717) is 12.0 Å². The summed E-state index contributed by atoms with van der Waals surface area (Å²) in [6, 6.07) is 0. The predicted molar refractivity (Wildman–Crippen MR) is 97.3 cm³/mol. The second-order valence-electron chi connectivity index (χ2n) is 5.01. The van der Waals surface area contributed by atoms with Crippen LogP contribution >= 0.6 is 0 Å². The molecule has 2 rings (SSSR count). The molecule has 0 saturated heterocycles. The van der Waals surface area contributed by atoms with Gasteiger partial charge in [-0.15, -0.1) is 6.58 Å². The summed E-state index contributed by atoms with van der Waals surface area (Å²) in [5.41, 5.74) is 1.45. The van der Waals surface area contributed by atoms with Gasteiger partial charge < -0.3 is 9.84 Å². The fraction of sp³-hybridized carbons (Fsp3) is 0.300. The van der Waals surface area contributed by atoms with Crippen molar-refractivity contribution in [3.63, 3.8) is 0 Å². The van der Waals surface area contributed by atoms with Crippen LogP contribution in [0.25, 0.3) is 0 Å². The number of carbonyl (C=O) groups is 2. The van der Waals surface area contributed by atoms with Crippen LogP contribution in [0.2, 0.25) is 0 Å². The van der Waals surface area contributed by atoms with E-state index in [-0.39, 0.29) is 5.97 Å². The highest BCUT2D eigenvalue weighted by Crippen LogP contribution is 2.13. The number of hydrogen-bond acceptors (Lipinski definition) is 3. The summed E-state index contributed by atoms with van der Waals surface area (Å²) in [6.45, 7) is 8.63. The molecule has 0 heterocycles. The van der Waals surface area contributed by atoms with Crippen LogP contribution in [0.1, 0.15) is 40.0 Å². The Labute approximate surface area is 144 Å². The minimum atomic E-state index is -0.849. The molecule has 2 aliphatic carbocycles. The lowest BCUT2D eigenvalue weighted by molar-refractivity contribution is -0.139. The van der Waals surface area contributed by atoms with Gasteiger partial charge in [0.25, 0.3) is 0 Å². The summed E-state index contributed by atoms with van der Waals surface area (Å²) >= 11 is 0. The van der Waals surface area contributed by atoms with E-state index in [1.165, 1.54) is 0 Å². The minimum absolute atomic E-state index is 0.157. The third-order valence-corrected chi connectivity index (χ3v) is 2.81. The van der Waals surface area contributed by atoms with Gasteiger partial charge in [-0.25, -0.2) is 4.79 Å². The average Bonchev–Trinajstić information content (AvgIpc) is 3.22. The fourth-order valence-electron chi connectivity index (χ4n) is 1.63. The molecule has 0 amide bonds. The molecule has 0 aromatic rings. The molecule has 0 bridgehead atoms. The Kier molecular flexibility index (Phi) is 11.5. The first-order valence-corrected chi connectivity index (χ1v) is 7.85. The molecule has 2 aliphatic rings. The van der Waals surface area contributed by atoms with E-state index in [1.54, 1.807) is 26.0 Å². The lowest BCUT2D eigenvalue weighted by Crippen LogP contribution is -2.00. The van der Waals surface area contributed by atoms with Crippen LogP contribution in [0.15, 0.2) is 72.1 Å². The highest BCUT2D eigenvalue weighted by atomic mass is 16.5. The van der Waals surface area contributed by atoms with Gasteiger partial charge in [-0.3, -0.25) is 4.79 Å². The first kappa shape index (κ1) is 21.4. The number of esters is 1. The van der Waals surface area contributed by atoms with Gasteiger partial charge in [-0.05, 0) is 38.0 Å². The Hall–Kier alpha value is -2.62. The maximum atomic E-state index is 10.7. The molecule has 0 aliphatic heterocycles. The molecule has 130 valence electrons. The van der Waals surface area contributed by atoms with Gasteiger partial charge in [0.1, 0.15) is 5.76 Å². The van der Waals surface area contributed by atoms with Crippen molar-refractivity contribution in [3.05, 3.63) is 72.1 Å². The van der Waals surface area contributed by atoms with E-state index >= 15 is 0 Å². The molecule has 4 heteroatoms. The molecule has 0 atom stereocenters. The largest absolute Gasteiger partial charge is 0.478 e. The van der Waals surface area contributed by atoms with E-state index in [2.05, 4.69) is 6.58 Å². The van der Waals surface area contributed by atoms with Crippen molar-refractivity contribution in [1.29, 1.82) is 0 Å². The molecule has 0 radical (unpaired) electrons. The van der Waals surface area contributed by atoms with Gasteiger partial charge in [-0.1, -0.05) is 43.4 Å². The van der Waals surface area contributed by atoms with Gasteiger partial charge in [0.05, 0.1) is 0 Å². The molecule has 4 nitrogen and oxygen atoms in total. The number of allylic oxidation sites excluding steroid dienone is 9.